The van der Waals surface area contributed by atoms with E-state index < -0.39 is 18.0 Å². The van der Waals surface area contributed by atoms with Crippen molar-refractivity contribution in [2.75, 3.05) is 7.11 Å². The van der Waals surface area contributed by atoms with Crippen LogP contribution in [0.5, 0.6) is 0 Å². The third-order valence-electron chi connectivity index (χ3n) is 3.52. The molecule has 1 atom stereocenters. The lowest BCUT2D eigenvalue weighted by atomic mass is 10.1. The minimum absolute atomic E-state index is 0.209. The number of ether oxygens (including phenoxy) is 2. The van der Waals surface area contributed by atoms with Gasteiger partial charge in [0.25, 0.3) is 0 Å². The lowest BCUT2D eigenvalue weighted by Crippen LogP contribution is -2.21. The fourth-order valence-corrected chi connectivity index (χ4v) is 2.57. The van der Waals surface area contributed by atoms with Crippen LogP contribution in [0.2, 0.25) is 10.0 Å². The summed E-state index contributed by atoms with van der Waals surface area (Å²) < 4.78 is 10.0. The molecule has 25 heavy (non-hydrogen) atoms. The van der Waals surface area contributed by atoms with E-state index in [1.807, 2.05) is 0 Å². The van der Waals surface area contributed by atoms with Crippen molar-refractivity contribution in [1.82, 2.24) is 9.97 Å². The van der Waals surface area contributed by atoms with Crippen LogP contribution in [-0.4, -0.2) is 29.0 Å². The van der Waals surface area contributed by atoms with Crippen molar-refractivity contribution in [3.63, 3.8) is 0 Å². The number of benzene rings is 1. The Labute approximate surface area is 152 Å². The topological polar surface area (TPSA) is 81.3 Å². The molecular weight excluding hydrogens is 367 g/mol. The molecule has 0 bridgehead atoms. The zero-order chi connectivity index (χ0) is 18.0. The summed E-state index contributed by atoms with van der Waals surface area (Å²) in [4.78, 5) is 31.5. The molecule has 0 aliphatic rings. The number of nitrogens with zero attached hydrogens (tertiary/aromatic N) is 1. The number of hydrogen-bond acceptors (Lipinski definition) is 5. The molecule has 1 unspecified atom stereocenters. The second-order valence-electron chi connectivity index (χ2n) is 5.12. The van der Waals surface area contributed by atoms with Crippen LogP contribution in [-0.2, 0) is 14.3 Å². The van der Waals surface area contributed by atoms with Crippen LogP contribution in [0.4, 0.5) is 0 Å². The fraction of sp³-hybridized carbons (Fsp3) is 0.118. The van der Waals surface area contributed by atoms with Gasteiger partial charge in [0.1, 0.15) is 5.65 Å². The van der Waals surface area contributed by atoms with Crippen LogP contribution >= 0.6 is 23.2 Å². The predicted octanol–water partition coefficient (Wildman–Crippen LogP) is 3.94. The molecule has 2 heterocycles. The maximum Gasteiger partial charge on any atom is 0.351 e. The first-order chi connectivity index (χ1) is 12.0. The Balaban J connectivity index is 1.90. The number of esters is 2. The fourth-order valence-electron chi connectivity index (χ4n) is 2.26. The molecule has 0 saturated heterocycles. The van der Waals surface area contributed by atoms with Crippen molar-refractivity contribution in [1.29, 1.82) is 0 Å². The Bertz CT molecular complexity index is 955. The largest absolute Gasteiger partial charge is 0.466 e. The summed E-state index contributed by atoms with van der Waals surface area (Å²) in [6.07, 6.45) is 1.80. The van der Waals surface area contributed by atoms with E-state index in [0.717, 1.165) is 5.39 Å². The average molecular weight is 379 g/mol. The van der Waals surface area contributed by atoms with Gasteiger partial charge in [-0.1, -0.05) is 29.3 Å². The molecule has 6 nitrogen and oxygen atoms in total. The zero-order valence-corrected chi connectivity index (χ0v) is 14.5. The molecule has 0 amide bonds. The molecule has 128 valence electrons. The van der Waals surface area contributed by atoms with E-state index in [0.29, 0.717) is 16.2 Å². The second-order valence-corrected chi connectivity index (χ2v) is 5.94. The van der Waals surface area contributed by atoms with E-state index in [-0.39, 0.29) is 10.6 Å². The summed E-state index contributed by atoms with van der Waals surface area (Å²) in [6, 6.07) is 7.89. The Morgan fingerprint density at radius 2 is 1.96 bits per heavy atom. The number of pyridine rings is 1. The van der Waals surface area contributed by atoms with Gasteiger partial charge in [-0.2, -0.15) is 0 Å². The first kappa shape index (κ1) is 17.3. The summed E-state index contributed by atoms with van der Waals surface area (Å²) in [5, 5.41) is 1.31. The number of carbonyl (C=O) groups is 2. The number of hydrogen-bond donors (Lipinski definition) is 1. The van der Waals surface area contributed by atoms with Crippen LogP contribution in [0.3, 0.4) is 0 Å². The van der Waals surface area contributed by atoms with Gasteiger partial charge in [0.15, 0.2) is 0 Å². The predicted molar refractivity (Wildman–Crippen MR) is 92.7 cm³/mol. The van der Waals surface area contributed by atoms with Crippen molar-refractivity contribution < 1.29 is 19.1 Å². The first-order valence-corrected chi connectivity index (χ1v) is 7.92. The average Bonchev–Trinajstić information content (AvgIpc) is 3.09. The molecule has 3 aromatic rings. The van der Waals surface area contributed by atoms with E-state index in [1.54, 1.807) is 18.3 Å². The van der Waals surface area contributed by atoms with Crippen molar-refractivity contribution in [3.05, 3.63) is 63.9 Å². The van der Waals surface area contributed by atoms with Crippen molar-refractivity contribution in [3.8, 4) is 0 Å². The van der Waals surface area contributed by atoms with Crippen LogP contribution in [0.15, 0.2) is 42.7 Å². The van der Waals surface area contributed by atoms with E-state index in [9.17, 15) is 9.59 Å². The number of rotatable bonds is 4. The summed E-state index contributed by atoms with van der Waals surface area (Å²) in [5.74, 6) is -1.44. The molecule has 1 aromatic carbocycles. The molecule has 0 aliphatic heterocycles. The lowest BCUT2D eigenvalue weighted by Gasteiger charge is -2.16. The molecule has 0 radical (unpaired) electrons. The molecule has 0 spiro atoms. The van der Waals surface area contributed by atoms with Crippen LogP contribution in [0.1, 0.15) is 22.0 Å². The Hall–Kier alpha value is -2.57. The molecule has 1 N–H and O–H groups in total. The third kappa shape index (κ3) is 3.60. The number of halogens is 2. The quantitative estimate of drug-likeness (QED) is 0.695. The van der Waals surface area contributed by atoms with Crippen molar-refractivity contribution in [2.45, 2.75) is 6.10 Å². The molecule has 3 rings (SSSR count). The zero-order valence-electron chi connectivity index (χ0n) is 13.0. The Kier molecular flexibility index (Phi) is 4.92. The number of H-pyrrole nitrogens is 1. The van der Waals surface area contributed by atoms with Crippen molar-refractivity contribution >= 4 is 46.2 Å². The number of aromatic amines is 1. The number of carbonyl (C=O) groups excluding carboxylic acids is 2. The van der Waals surface area contributed by atoms with Crippen LogP contribution in [0.25, 0.3) is 11.0 Å². The van der Waals surface area contributed by atoms with Gasteiger partial charge < -0.3 is 14.5 Å². The maximum atomic E-state index is 12.4. The summed E-state index contributed by atoms with van der Waals surface area (Å²) in [6.45, 7) is 0. The SMILES string of the molecule is COC(=O)C(OC(=O)c1cnc2[nH]ccc2c1)c1ccc(Cl)c(Cl)c1. The maximum absolute atomic E-state index is 12.4. The summed E-state index contributed by atoms with van der Waals surface area (Å²) in [5.41, 5.74) is 1.21. The number of nitrogens with one attached hydrogen (secondary N) is 1. The van der Waals surface area contributed by atoms with Gasteiger partial charge in [-0.15, -0.1) is 0 Å². The number of methoxy groups -OCH3 is 1. The summed E-state index contributed by atoms with van der Waals surface area (Å²) in [7, 11) is 1.20. The second kappa shape index (κ2) is 7.13. The smallest absolute Gasteiger partial charge is 0.351 e. The number of aromatic nitrogens is 2. The van der Waals surface area contributed by atoms with Crippen LogP contribution in [0, 0.1) is 0 Å². The van der Waals surface area contributed by atoms with E-state index in [2.05, 4.69) is 9.97 Å². The minimum Gasteiger partial charge on any atom is -0.466 e. The first-order valence-electron chi connectivity index (χ1n) is 7.16. The Morgan fingerprint density at radius 3 is 2.68 bits per heavy atom. The Morgan fingerprint density at radius 1 is 1.16 bits per heavy atom. The normalized spacial score (nSPS) is 12.0. The summed E-state index contributed by atoms with van der Waals surface area (Å²) >= 11 is 11.9. The molecular formula is C17H12Cl2N2O4. The monoisotopic (exact) mass is 378 g/mol. The lowest BCUT2D eigenvalue weighted by molar-refractivity contribution is -0.151. The van der Waals surface area contributed by atoms with Gasteiger partial charge in [-0.25, -0.2) is 14.6 Å². The molecule has 8 heteroatoms. The van der Waals surface area contributed by atoms with Gasteiger partial charge in [-0.05, 0) is 24.3 Å². The van der Waals surface area contributed by atoms with Crippen LogP contribution < -0.4 is 0 Å². The highest BCUT2D eigenvalue weighted by atomic mass is 35.5. The van der Waals surface area contributed by atoms with Gasteiger partial charge >= 0.3 is 11.9 Å². The van der Waals surface area contributed by atoms with Crippen molar-refractivity contribution in [2.24, 2.45) is 0 Å². The highest BCUT2D eigenvalue weighted by molar-refractivity contribution is 6.42. The van der Waals surface area contributed by atoms with Gasteiger partial charge in [0.2, 0.25) is 6.10 Å². The number of fused-ring (bicyclic) bond motifs is 1. The highest BCUT2D eigenvalue weighted by Crippen LogP contribution is 2.28. The van der Waals surface area contributed by atoms with Gasteiger partial charge in [0.05, 0.1) is 22.7 Å². The third-order valence-corrected chi connectivity index (χ3v) is 4.26. The molecule has 0 saturated carbocycles. The van der Waals surface area contributed by atoms with Gasteiger partial charge in [-0.3, -0.25) is 0 Å². The van der Waals surface area contributed by atoms with E-state index in [4.69, 9.17) is 32.7 Å². The van der Waals surface area contributed by atoms with E-state index in [1.165, 1.54) is 31.5 Å². The highest BCUT2D eigenvalue weighted by Gasteiger charge is 2.27. The van der Waals surface area contributed by atoms with E-state index >= 15 is 0 Å². The standard InChI is InChI=1S/C17H12Cl2N2O4/c1-24-17(23)14(9-2-3-12(18)13(19)7-9)25-16(22)11-6-10-4-5-20-15(10)21-8-11/h2-8,14H,1H3,(H,20,21). The molecule has 2 aromatic heterocycles. The van der Waals surface area contributed by atoms with Gasteiger partial charge in [0, 0.05) is 23.3 Å². The minimum atomic E-state index is -1.27. The molecule has 0 aliphatic carbocycles. The molecule has 0 fully saturated rings.